The first-order valence-corrected chi connectivity index (χ1v) is 13.6. The fraction of sp³-hybridized carbons (Fsp3) is 0.760. The molecule has 0 amide bonds. The Balaban J connectivity index is 3.03. The first-order chi connectivity index (χ1) is 11.9. The van der Waals surface area contributed by atoms with Crippen LogP contribution in [0.4, 0.5) is 0 Å². The minimum Gasteiger partial charge on any atom is -0.0915 e. The smallest absolute Gasteiger partial charge is 0.00951 e. The van der Waals surface area contributed by atoms with E-state index in [1.54, 1.807) is 11.1 Å². The molecule has 2 heteroatoms. The Hall–Kier alpha value is 0.0800. The van der Waals surface area contributed by atoms with Crippen LogP contribution in [0.5, 0.6) is 0 Å². The van der Waals surface area contributed by atoms with Crippen molar-refractivity contribution in [3.63, 3.8) is 0 Å². The van der Waals surface area contributed by atoms with Gasteiger partial charge in [-0.2, -0.15) is 0 Å². The van der Waals surface area contributed by atoms with Crippen LogP contribution in [-0.2, 0) is 0 Å². The largest absolute Gasteiger partial charge is 0.0915 e. The van der Waals surface area contributed by atoms with Crippen molar-refractivity contribution in [2.45, 2.75) is 110 Å². The lowest BCUT2D eigenvalue weighted by molar-refractivity contribution is 0.704. The molecule has 1 aliphatic carbocycles. The van der Waals surface area contributed by atoms with Gasteiger partial charge in [-0.25, -0.2) is 0 Å². The summed E-state index contributed by atoms with van der Waals surface area (Å²) in [5, 5.41) is 1.55. The lowest BCUT2D eigenvalue weighted by Gasteiger charge is -2.43. The van der Waals surface area contributed by atoms with Gasteiger partial charge in [-0.05, 0) is 39.4 Å². The quantitative estimate of drug-likeness (QED) is 0.407. The van der Waals surface area contributed by atoms with E-state index in [0.717, 1.165) is 0 Å². The number of rotatable bonds is 4. The van der Waals surface area contributed by atoms with Crippen molar-refractivity contribution in [3.05, 3.63) is 35.5 Å². The van der Waals surface area contributed by atoms with Crippen LogP contribution in [0.15, 0.2) is 35.5 Å². The van der Waals surface area contributed by atoms with Crippen molar-refractivity contribution in [2.75, 3.05) is 12.3 Å². The maximum absolute atomic E-state index is 2.44. The van der Waals surface area contributed by atoms with E-state index in [0.29, 0.717) is 20.6 Å². The third-order valence-corrected chi connectivity index (χ3v) is 13.1. The summed E-state index contributed by atoms with van der Waals surface area (Å²) in [6.07, 6.45) is 13.1. The second kappa shape index (κ2) is 8.84. The molecule has 0 radical (unpaired) electrons. The molecule has 1 aliphatic rings. The summed E-state index contributed by atoms with van der Waals surface area (Å²) in [5.41, 5.74) is 3.28. The van der Waals surface area contributed by atoms with Crippen LogP contribution < -0.4 is 0 Å². The average Bonchev–Trinajstić information content (AvgIpc) is 2.62. The van der Waals surface area contributed by atoms with Gasteiger partial charge in [0.15, 0.2) is 0 Å². The highest BCUT2D eigenvalue weighted by molar-refractivity contribution is 7.61. The van der Waals surface area contributed by atoms with Gasteiger partial charge in [0.2, 0.25) is 0 Å². The topological polar surface area (TPSA) is 0 Å². The summed E-state index contributed by atoms with van der Waals surface area (Å²) in [7, 11) is -0.172. The van der Waals surface area contributed by atoms with Gasteiger partial charge >= 0.3 is 0 Å². The van der Waals surface area contributed by atoms with Crippen LogP contribution in [-0.4, -0.2) is 32.9 Å². The van der Waals surface area contributed by atoms with Gasteiger partial charge in [0.05, 0.1) is 0 Å². The lowest BCUT2D eigenvalue weighted by Crippen LogP contribution is -2.28. The zero-order valence-corrected chi connectivity index (χ0v) is 22.1. The van der Waals surface area contributed by atoms with Crippen molar-refractivity contribution in [1.82, 2.24) is 0 Å². The molecule has 1 rings (SSSR count). The van der Waals surface area contributed by atoms with E-state index in [-0.39, 0.29) is 15.8 Å². The Bertz CT molecular complexity index is 498. The third-order valence-electron chi connectivity index (χ3n) is 5.19. The van der Waals surface area contributed by atoms with Crippen LogP contribution in [0.3, 0.4) is 0 Å². The second-order valence-corrected chi connectivity index (χ2v) is 19.8. The van der Waals surface area contributed by atoms with Gasteiger partial charge in [-0.3, -0.25) is 0 Å². The Morgan fingerprint density at radius 1 is 0.556 bits per heavy atom. The zero-order valence-electron chi connectivity index (χ0n) is 20.3. The van der Waals surface area contributed by atoms with Crippen molar-refractivity contribution in [3.8, 4) is 0 Å². The highest BCUT2D eigenvalue weighted by Crippen LogP contribution is 2.62. The summed E-state index contributed by atoms with van der Waals surface area (Å²) in [6, 6.07) is 0. The van der Waals surface area contributed by atoms with Crippen LogP contribution in [0.25, 0.3) is 0 Å². The monoisotopic (exact) mass is 408 g/mol. The van der Waals surface area contributed by atoms with Gasteiger partial charge in [-0.15, -0.1) is 0 Å². The Labute approximate surface area is 173 Å². The molecule has 27 heavy (non-hydrogen) atoms. The fourth-order valence-corrected chi connectivity index (χ4v) is 11.5. The van der Waals surface area contributed by atoms with Crippen molar-refractivity contribution in [2.24, 2.45) is 0 Å². The molecule has 0 saturated heterocycles. The van der Waals surface area contributed by atoms with Crippen molar-refractivity contribution in [1.29, 1.82) is 0 Å². The summed E-state index contributed by atoms with van der Waals surface area (Å²) < 4.78 is 0. The van der Waals surface area contributed by atoms with Crippen molar-refractivity contribution >= 4 is 15.8 Å². The Morgan fingerprint density at radius 3 is 1.04 bits per heavy atom. The summed E-state index contributed by atoms with van der Waals surface area (Å²) >= 11 is 0. The Kier molecular flexibility index (Phi) is 8.22. The first kappa shape index (κ1) is 25.1. The van der Waals surface area contributed by atoms with Gasteiger partial charge in [-0.1, -0.05) is 134 Å². The van der Waals surface area contributed by atoms with Gasteiger partial charge in [0.1, 0.15) is 0 Å². The lowest BCUT2D eigenvalue weighted by atomic mass is 10.1. The maximum Gasteiger partial charge on any atom is -0.00951 e. The van der Waals surface area contributed by atoms with Crippen LogP contribution in [0.2, 0.25) is 0 Å². The molecule has 0 aliphatic heterocycles. The number of hydrogen-bond acceptors (Lipinski definition) is 0. The van der Waals surface area contributed by atoms with Crippen molar-refractivity contribution < 1.29 is 0 Å². The molecule has 0 unspecified atom stereocenters. The normalized spacial score (nSPS) is 17.3. The number of hydrogen-bond donors (Lipinski definition) is 0. The molecule has 0 heterocycles. The van der Waals surface area contributed by atoms with Crippen LogP contribution in [0.1, 0.15) is 89.5 Å². The predicted octanol–water partition coefficient (Wildman–Crippen LogP) is 8.96. The molecular weight excluding hydrogens is 362 g/mol. The van der Waals surface area contributed by atoms with E-state index >= 15 is 0 Å². The molecule has 0 saturated carbocycles. The predicted molar refractivity (Wildman–Crippen MR) is 133 cm³/mol. The molecule has 0 spiro atoms. The molecule has 0 nitrogen and oxygen atoms in total. The second-order valence-electron chi connectivity index (χ2n) is 12.1. The molecule has 0 aromatic carbocycles. The maximum atomic E-state index is 2.44. The highest BCUT2D eigenvalue weighted by Gasteiger charge is 2.36. The van der Waals surface area contributed by atoms with E-state index in [4.69, 9.17) is 0 Å². The zero-order chi connectivity index (χ0) is 21.3. The molecule has 0 aromatic rings. The highest BCUT2D eigenvalue weighted by atomic mass is 31.1. The van der Waals surface area contributed by atoms with Crippen LogP contribution >= 0.6 is 15.8 Å². The molecular formula is C25H46P2. The minimum absolute atomic E-state index is 0.0861. The van der Waals surface area contributed by atoms with E-state index in [1.165, 1.54) is 18.7 Å². The van der Waals surface area contributed by atoms with E-state index in [2.05, 4.69) is 107 Å². The first-order valence-electron chi connectivity index (χ1n) is 10.5. The SMILES string of the molecule is CC(C)(C)P(CC1=CC=CC=C(CP(C(C)(C)C)C(C)(C)C)C1)C(C)(C)C. The van der Waals surface area contributed by atoms with Gasteiger partial charge < -0.3 is 0 Å². The standard InChI is InChI=1S/C25H46P2/c1-22(2,3)26(23(4,5)6)18-20-15-13-14-16-21(17-20)19-27(24(7,8)9)25(10,11)12/h13-16H,17-19H2,1-12H3. The molecule has 0 bridgehead atoms. The van der Waals surface area contributed by atoms with Gasteiger partial charge in [0.25, 0.3) is 0 Å². The third kappa shape index (κ3) is 8.15. The number of allylic oxidation sites excluding steroid dienone is 6. The summed E-state index contributed by atoms with van der Waals surface area (Å²) in [6.45, 7) is 29.2. The van der Waals surface area contributed by atoms with Gasteiger partial charge in [0, 0.05) is 0 Å². The molecule has 0 atom stereocenters. The molecule has 156 valence electrons. The van der Waals surface area contributed by atoms with E-state index < -0.39 is 0 Å². The van der Waals surface area contributed by atoms with E-state index in [9.17, 15) is 0 Å². The fourth-order valence-electron chi connectivity index (χ4n) is 4.38. The minimum atomic E-state index is -0.0861. The Morgan fingerprint density at radius 2 is 0.815 bits per heavy atom. The van der Waals surface area contributed by atoms with Crippen LogP contribution in [0, 0.1) is 0 Å². The molecule has 0 aromatic heterocycles. The molecule has 0 N–H and O–H groups in total. The summed E-state index contributed by atoms with van der Waals surface area (Å²) in [5.74, 6) is 0. The molecule has 0 fully saturated rings. The van der Waals surface area contributed by atoms with E-state index in [1.807, 2.05) is 0 Å². The summed E-state index contributed by atoms with van der Waals surface area (Å²) in [4.78, 5) is 0. The average molecular weight is 409 g/mol.